The quantitative estimate of drug-likeness (QED) is 0.724. The van der Waals surface area contributed by atoms with E-state index in [0.717, 1.165) is 31.1 Å². The van der Waals surface area contributed by atoms with Crippen molar-refractivity contribution >= 4 is 17.5 Å². The van der Waals surface area contributed by atoms with Crippen LogP contribution >= 0.6 is 11.6 Å². The molecule has 4 saturated carbocycles. The Labute approximate surface area is 121 Å². The average molecular weight is 284 g/mol. The van der Waals surface area contributed by atoms with Gasteiger partial charge in [-0.1, -0.05) is 6.92 Å². The molecular weight excluding hydrogens is 258 g/mol. The molecule has 0 aromatic rings. The highest BCUT2D eigenvalue weighted by Gasteiger charge is 2.59. The third kappa shape index (κ3) is 2.11. The van der Waals surface area contributed by atoms with E-state index in [1.54, 1.807) is 0 Å². The molecule has 0 N–H and O–H groups in total. The maximum Gasteiger partial charge on any atom is 0.228 e. The summed E-state index contributed by atoms with van der Waals surface area (Å²) in [6.45, 7) is 4.46. The summed E-state index contributed by atoms with van der Waals surface area (Å²) in [4.78, 5) is 14.9. The number of rotatable bonds is 3. The third-order valence-corrected chi connectivity index (χ3v) is 6.46. The highest BCUT2D eigenvalue weighted by Crippen LogP contribution is 2.65. The van der Waals surface area contributed by atoms with Crippen molar-refractivity contribution in [3.05, 3.63) is 0 Å². The summed E-state index contributed by atoms with van der Waals surface area (Å²) in [5.41, 5.74) is 0.388. The lowest BCUT2D eigenvalue weighted by molar-refractivity contribution is -0.166. The molecule has 1 amide bonds. The molecule has 3 atom stereocenters. The van der Waals surface area contributed by atoms with Crippen molar-refractivity contribution in [1.82, 2.24) is 4.90 Å². The molecule has 3 unspecified atom stereocenters. The Morgan fingerprint density at radius 1 is 1.32 bits per heavy atom. The molecule has 4 aliphatic rings. The molecule has 0 aromatic heterocycles. The molecule has 108 valence electrons. The van der Waals surface area contributed by atoms with Crippen molar-refractivity contribution in [3.63, 3.8) is 0 Å². The Morgan fingerprint density at radius 2 is 1.89 bits per heavy atom. The molecule has 0 aliphatic heterocycles. The summed E-state index contributed by atoms with van der Waals surface area (Å²) in [6, 6.07) is 0.148. The fraction of sp³-hybridized carbons (Fsp3) is 0.938. The topological polar surface area (TPSA) is 20.3 Å². The Bertz CT molecular complexity index is 380. The Hall–Kier alpha value is -0.240. The van der Waals surface area contributed by atoms with Crippen LogP contribution in [0.2, 0.25) is 0 Å². The van der Waals surface area contributed by atoms with Crippen molar-refractivity contribution in [2.24, 2.45) is 22.7 Å². The number of alkyl halides is 1. The molecule has 0 radical (unpaired) electrons. The van der Waals surface area contributed by atoms with Crippen LogP contribution in [-0.4, -0.2) is 29.8 Å². The lowest BCUT2D eigenvalue weighted by Crippen LogP contribution is -2.58. The molecule has 4 bridgehead atoms. The molecule has 0 aromatic carbocycles. The molecule has 19 heavy (non-hydrogen) atoms. The van der Waals surface area contributed by atoms with Gasteiger partial charge in [0.25, 0.3) is 0 Å². The Kier molecular flexibility index (Phi) is 3.16. The van der Waals surface area contributed by atoms with Gasteiger partial charge in [-0.3, -0.25) is 4.79 Å². The first-order chi connectivity index (χ1) is 8.87. The van der Waals surface area contributed by atoms with Crippen LogP contribution in [0.4, 0.5) is 0 Å². The predicted molar refractivity (Wildman–Crippen MR) is 78.2 cm³/mol. The number of hydrogen-bond acceptors (Lipinski definition) is 1. The number of amides is 1. The van der Waals surface area contributed by atoms with Crippen LogP contribution in [-0.2, 0) is 4.79 Å². The number of nitrogens with zero attached hydrogens (tertiary/aromatic N) is 1. The van der Waals surface area contributed by atoms with Crippen LogP contribution in [0.1, 0.15) is 52.4 Å². The fourth-order valence-corrected chi connectivity index (χ4v) is 5.86. The van der Waals surface area contributed by atoms with Crippen LogP contribution in [0.5, 0.6) is 0 Å². The normalized spacial score (nSPS) is 45.3. The van der Waals surface area contributed by atoms with Crippen LogP contribution in [0.25, 0.3) is 0 Å². The summed E-state index contributed by atoms with van der Waals surface area (Å²) in [6.07, 6.45) is 7.47. The number of hydrogen-bond donors (Lipinski definition) is 0. The minimum Gasteiger partial charge on any atom is -0.341 e. The van der Waals surface area contributed by atoms with Gasteiger partial charge in [-0.15, -0.1) is 11.6 Å². The summed E-state index contributed by atoms with van der Waals surface area (Å²) >= 11 is 5.93. The van der Waals surface area contributed by atoms with Crippen LogP contribution in [0.15, 0.2) is 0 Å². The predicted octanol–water partition coefficient (Wildman–Crippen LogP) is 3.68. The Morgan fingerprint density at radius 3 is 2.37 bits per heavy atom. The summed E-state index contributed by atoms with van der Waals surface area (Å²) in [7, 11) is 1.94. The van der Waals surface area contributed by atoms with Crippen LogP contribution in [0, 0.1) is 22.7 Å². The van der Waals surface area contributed by atoms with E-state index in [-0.39, 0.29) is 11.5 Å². The van der Waals surface area contributed by atoms with E-state index < -0.39 is 0 Å². The van der Waals surface area contributed by atoms with Gasteiger partial charge in [0.15, 0.2) is 0 Å². The molecule has 0 spiro atoms. The van der Waals surface area contributed by atoms with Gasteiger partial charge in [0.05, 0.1) is 5.41 Å². The zero-order valence-corrected chi connectivity index (χ0v) is 13.2. The van der Waals surface area contributed by atoms with Gasteiger partial charge < -0.3 is 4.90 Å². The zero-order chi connectivity index (χ0) is 13.8. The van der Waals surface area contributed by atoms with E-state index in [1.807, 2.05) is 18.9 Å². The van der Waals surface area contributed by atoms with Gasteiger partial charge in [-0.25, -0.2) is 0 Å². The van der Waals surface area contributed by atoms with Gasteiger partial charge >= 0.3 is 0 Å². The summed E-state index contributed by atoms with van der Waals surface area (Å²) in [5.74, 6) is 2.51. The van der Waals surface area contributed by atoms with E-state index in [4.69, 9.17) is 11.6 Å². The fourth-order valence-electron chi connectivity index (χ4n) is 5.65. The minimum absolute atomic E-state index is 0.0477. The van der Waals surface area contributed by atoms with Crippen molar-refractivity contribution in [2.75, 3.05) is 12.9 Å². The maximum absolute atomic E-state index is 13.0. The monoisotopic (exact) mass is 283 g/mol. The molecule has 0 saturated heterocycles. The second-order valence-electron chi connectivity index (χ2n) is 7.97. The van der Waals surface area contributed by atoms with Gasteiger partial charge in [-0.2, -0.15) is 0 Å². The maximum atomic E-state index is 13.0. The summed E-state index contributed by atoms with van der Waals surface area (Å²) in [5, 5.41) is 0. The van der Waals surface area contributed by atoms with Crippen molar-refractivity contribution < 1.29 is 4.79 Å². The number of halogens is 1. The van der Waals surface area contributed by atoms with Crippen molar-refractivity contribution in [2.45, 2.75) is 58.4 Å². The SMILES string of the molecule is CC(CCl)N(C)C(=O)C12CC3CC(CC(C)(C3)C1)C2. The van der Waals surface area contributed by atoms with E-state index in [0.29, 0.717) is 17.2 Å². The van der Waals surface area contributed by atoms with Crippen LogP contribution < -0.4 is 0 Å². The van der Waals surface area contributed by atoms with Crippen molar-refractivity contribution in [3.8, 4) is 0 Å². The van der Waals surface area contributed by atoms with Gasteiger partial charge in [0.1, 0.15) is 0 Å². The molecule has 3 heteroatoms. The largest absolute Gasteiger partial charge is 0.341 e. The number of carbonyl (C=O) groups is 1. The smallest absolute Gasteiger partial charge is 0.228 e. The first-order valence-corrected chi connectivity index (χ1v) is 8.24. The molecule has 2 nitrogen and oxygen atoms in total. The van der Waals surface area contributed by atoms with Gasteiger partial charge in [0, 0.05) is 19.0 Å². The second kappa shape index (κ2) is 4.38. The number of carbonyl (C=O) groups excluding carboxylic acids is 1. The lowest BCUT2D eigenvalue weighted by Gasteiger charge is -2.61. The van der Waals surface area contributed by atoms with E-state index in [1.165, 1.54) is 19.3 Å². The molecule has 4 aliphatic carbocycles. The van der Waals surface area contributed by atoms with E-state index in [2.05, 4.69) is 6.92 Å². The lowest BCUT2D eigenvalue weighted by atomic mass is 9.44. The molecule has 0 heterocycles. The Balaban J connectivity index is 1.85. The third-order valence-electron chi connectivity index (χ3n) is 6.01. The highest BCUT2D eigenvalue weighted by molar-refractivity contribution is 6.18. The van der Waals surface area contributed by atoms with E-state index >= 15 is 0 Å². The first-order valence-electron chi connectivity index (χ1n) is 7.71. The average Bonchev–Trinajstić information content (AvgIpc) is 2.33. The molecule has 4 rings (SSSR count). The standard InChI is InChI=1S/C16H26ClNO/c1-11(9-17)18(3)14(19)16-7-12-4-13(8-16)6-15(2,5-12)10-16/h11-13H,4-10H2,1-3H3. The minimum atomic E-state index is -0.0477. The first kappa shape index (κ1) is 13.7. The second-order valence-corrected chi connectivity index (χ2v) is 8.28. The van der Waals surface area contributed by atoms with Crippen LogP contribution in [0.3, 0.4) is 0 Å². The van der Waals surface area contributed by atoms with Crippen molar-refractivity contribution in [1.29, 1.82) is 0 Å². The molecule has 4 fully saturated rings. The van der Waals surface area contributed by atoms with Gasteiger partial charge in [0.2, 0.25) is 5.91 Å². The molecular formula is C16H26ClNO. The summed E-state index contributed by atoms with van der Waals surface area (Å²) < 4.78 is 0. The zero-order valence-electron chi connectivity index (χ0n) is 12.4. The van der Waals surface area contributed by atoms with Gasteiger partial charge in [-0.05, 0) is 62.7 Å². The highest BCUT2D eigenvalue weighted by atomic mass is 35.5. The van der Waals surface area contributed by atoms with E-state index in [9.17, 15) is 4.79 Å².